The first-order valence-electron chi connectivity index (χ1n) is 3.30. The van der Waals surface area contributed by atoms with Crippen LogP contribution in [0.5, 0.6) is 0 Å². The molecule has 0 saturated heterocycles. The van der Waals surface area contributed by atoms with Gasteiger partial charge in [0.2, 0.25) is 10.0 Å². The van der Waals surface area contributed by atoms with E-state index in [9.17, 15) is 17.2 Å². The number of primary sulfonamides is 1. The first-order valence-corrected chi connectivity index (χ1v) is 5.22. The fraction of sp³-hybridized carbons (Fsp3) is 0.167. The van der Waals surface area contributed by atoms with Gasteiger partial charge in [0.1, 0.15) is 15.7 Å². The first-order chi connectivity index (χ1) is 6.32. The van der Waals surface area contributed by atoms with Crippen molar-refractivity contribution in [1.82, 2.24) is 4.98 Å². The number of nitrogens with zero attached hydrogens (tertiary/aromatic N) is 1. The van der Waals surface area contributed by atoms with Crippen LogP contribution in [0.15, 0.2) is 17.0 Å². The summed E-state index contributed by atoms with van der Waals surface area (Å²) in [6.45, 7) is 0. The number of rotatable bonds is 2. The van der Waals surface area contributed by atoms with Crippen LogP contribution in [0.1, 0.15) is 12.1 Å². The smallest absolute Gasteiger partial charge is 0.234 e. The van der Waals surface area contributed by atoms with E-state index in [1.807, 2.05) is 0 Å². The number of aromatic nitrogens is 1. The lowest BCUT2D eigenvalue weighted by atomic mass is 10.3. The minimum Gasteiger partial charge on any atom is -0.234 e. The zero-order valence-corrected chi connectivity index (χ0v) is 8.19. The van der Waals surface area contributed by atoms with Gasteiger partial charge in [0.05, 0.1) is 0 Å². The molecule has 0 aromatic carbocycles. The van der Waals surface area contributed by atoms with Gasteiger partial charge in [-0.05, 0) is 12.1 Å². The SMILES string of the molecule is NS(=O)(=O)c1ccc(Cl)nc1C(F)F. The number of pyridine rings is 1. The fourth-order valence-electron chi connectivity index (χ4n) is 0.834. The lowest BCUT2D eigenvalue weighted by Gasteiger charge is -2.05. The molecule has 0 aliphatic heterocycles. The van der Waals surface area contributed by atoms with Crippen molar-refractivity contribution in [3.63, 3.8) is 0 Å². The molecule has 0 aliphatic rings. The maximum atomic E-state index is 12.3. The van der Waals surface area contributed by atoms with Gasteiger partial charge in [-0.3, -0.25) is 0 Å². The van der Waals surface area contributed by atoms with Crippen LogP contribution in [0, 0.1) is 0 Å². The minimum atomic E-state index is -4.20. The molecule has 0 atom stereocenters. The molecule has 0 unspecified atom stereocenters. The van der Waals surface area contributed by atoms with E-state index in [4.69, 9.17) is 16.7 Å². The van der Waals surface area contributed by atoms with E-state index in [1.165, 1.54) is 0 Å². The molecule has 2 N–H and O–H groups in total. The van der Waals surface area contributed by atoms with E-state index in [1.54, 1.807) is 0 Å². The summed E-state index contributed by atoms with van der Waals surface area (Å²) >= 11 is 5.33. The highest BCUT2D eigenvalue weighted by Gasteiger charge is 2.22. The summed E-state index contributed by atoms with van der Waals surface area (Å²) in [5.74, 6) is 0. The number of nitrogens with two attached hydrogens (primary N) is 1. The zero-order valence-electron chi connectivity index (χ0n) is 6.62. The molecule has 1 aromatic rings. The van der Waals surface area contributed by atoms with Crippen LogP contribution in [0.25, 0.3) is 0 Å². The maximum Gasteiger partial charge on any atom is 0.281 e. The van der Waals surface area contributed by atoms with E-state index in [2.05, 4.69) is 4.98 Å². The predicted octanol–water partition coefficient (Wildman–Crippen LogP) is 1.32. The Kier molecular flexibility index (Phi) is 3.03. The molecule has 0 saturated carbocycles. The Morgan fingerprint density at radius 3 is 2.43 bits per heavy atom. The summed E-state index contributed by atoms with van der Waals surface area (Å²) in [6.07, 6.45) is -3.04. The molecular formula is C6H5ClF2N2O2S. The number of halogens is 3. The molecule has 14 heavy (non-hydrogen) atoms. The zero-order chi connectivity index (χ0) is 10.9. The molecule has 8 heteroatoms. The second kappa shape index (κ2) is 3.76. The number of hydrogen-bond donors (Lipinski definition) is 1. The van der Waals surface area contributed by atoms with Crippen molar-refractivity contribution in [3.05, 3.63) is 23.0 Å². The Labute approximate surface area is 83.8 Å². The van der Waals surface area contributed by atoms with Gasteiger partial charge in [-0.2, -0.15) is 0 Å². The average Bonchev–Trinajstić information content (AvgIpc) is 2.01. The second-order valence-electron chi connectivity index (χ2n) is 2.36. The van der Waals surface area contributed by atoms with Gasteiger partial charge in [0.25, 0.3) is 6.43 Å². The minimum absolute atomic E-state index is 0.215. The topological polar surface area (TPSA) is 73.1 Å². The van der Waals surface area contributed by atoms with Gasteiger partial charge in [0, 0.05) is 0 Å². The molecule has 1 aromatic heterocycles. The third-order valence-electron chi connectivity index (χ3n) is 1.37. The molecule has 0 amide bonds. The summed E-state index contributed by atoms with van der Waals surface area (Å²) in [4.78, 5) is 2.48. The largest absolute Gasteiger partial charge is 0.281 e. The number of sulfonamides is 1. The lowest BCUT2D eigenvalue weighted by molar-refractivity contribution is 0.142. The average molecular weight is 243 g/mol. The van der Waals surface area contributed by atoms with Crippen LogP contribution in [-0.2, 0) is 10.0 Å². The third kappa shape index (κ3) is 2.37. The summed E-state index contributed by atoms with van der Waals surface area (Å²) in [5, 5.41) is 4.49. The predicted molar refractivity (Wildman–Crippen MR) is 45.6 cm³/mol. The van der Waals surface area contributed by atoms with Crippen LogP contribution in [0.2, 0.25) is 5.15 Å². The molecular weight excluding hydrogens is 238 g/mol. The van der Waals surface area contributed by atoms with Gasteiger partial charge < -0.3 is 0 Å². The van der Waals surface area contributed by atoms with Gasteiger partial charge in [-0.1, -0.05) is 11.6 Å². The molecule has 0 aliphatic carbocycles. The summed E-state index contributed by atoms with van der Waals surface area (Å²) in [7, 11) is -4.20. The highest BCUT2D eigenvalue weighted by atomic mass is 35.5. The Balaban J connectivity index is 3.45. The molecule has 1 rings (SSSR count). The molecule has 0 bridgehead atoms. The van der Waals surface area contributed by atoms with Crippen LogP contribution in [0.3, 0.4) is 0 Å². The van der Waals surface area contributed by atoms with Crippen molar-refractivity contribution in [2.75, 3.05) is 0 Å². The van der Waals surface area contributed by atoms with Gasteiger partial charge in [-0.15, -0.1) is 0 Å². The van der Waals surface area contributed by atoms with E-state index >= 15 is 0 Å². The molecule has 0 fully saturated rings. The fourth-order valence-corrected chi connectivity index (χ4v) is 1.67. The van der Waals surface area contributed by atoms with Crippen molar-refractivity contribution >= 4 is 21.6 Å². The number of hydrogen-bond acceptors (Lipinski definition) is 3. The molecule has 78 valence electrons. The van der Waals surface area contributed by atoms with Crippen molar-refractivity contribution < 1.29 is 17.2 Å². The highest BCUT2D eigenvalue weighted by molar-refractivity contribution is 7.89. The maximum absolute atomic E-state index is 12.3. The number of alkyl halides is 2. The first kappa shape index (κ1) is 11.3. The molecule has 1 heterocycles. The van der Waals surface area contributed by atoms with E-state index in [0.29, 0.717) is 0 Å². The Bertz CT molecular complexity index is 449. The van der Waals surface area contributed by atoms with E-state index in [0.717, 1.165) is 12.1 Å². The van der Waals surface area contributed by atoms with E-state index < -0.39 is 27.0 Å². The monoisotopic (exact) mass is 242 g/mol. The van der Waals surface area contributed by atoms with Crippen LogP contribution < -0.4 is 5.14 Å². The Hall–Kier alpha value is -0.790. The van der Waals surface area contributed by atoms with Crippen molar-refractivity contribution in [3.8, 4) is 0 Å². The highest BCUT2D eigenvalue weighted by Crippen LogP contribution is 2.25. The van der Waals surface area contributed by atoms with Crippen molar-refractivity contribution in [2.24, 2.45) is 5.14 Å². The van der Waals surface area contributed by atoms with Crippen LogP contribution in [-0.4, -0.2) is 13.4 Å². The molecule has 4 nitrogen and oxygen atoms in total. The second-order valence-corrected chi connectivity index (χ2v) is 4.28. The van der Waals surface area contributed by atoms with Gasteiger partial charge in [0.15, 0.2) is 0 Å². The lowest BCUT2D eigenvalue weighted by Crippen LogP contribution is -2.15. The summed E-state index contributed by atoms with van der Waals surface area (Å²) < 4.78 is 46.3. The Morgan fingerprint density at radius 1 is 1.43 bits per heavy atom. The Morgan fingerprint density at radius 2 is 2.00 bits per heavy atom. The van der Waals surface area contributed by atoms with Gasteiger partial charge >= 0.3 is 0 Å². The quantitative estimate of drug-likeness (QED) is 0.795. The summed E-state index contributed by atoms with van der Waals surface area (Å²) in [6, 6.07) is 1.97. The molecule has 0 spiro atoms. The van der Waals surface area contributed by atoms with Gasteiger partial charge in [-0.25, -0.2) is 27.3 Å². The summed E-state index contributed by atoms with van der Waals surface area (Å²) in [5.41, 5.74) is -0.931. The van der Waals surface area contributed by atoms with E-state index in [-0.39, 0.29) is 5.15 Å². The van der Waals surface area contributed by atoms with Crippen LogP contribution >= 0.6 is 11.6 Å². The standard InChI is InChI=1S/C6H5ClF2N2O2S/c7-4-2-1-3(14(10,12)13)5(11-4)6(8)9/h1-2,6H,(H2,10,12,13). The van der Waals surface area contributed by atoms with Crippen molar-refractivity contribution in [2.45, 2.75) is 11.3 Å². The van der Waals surface area contributed by atoms with Crippen LogP contribution in [0.4, 0.5) is 8.78 Å². The molecule has 0 radical (unpaired) electrons. The third-order valence-corrected chi connectivity index (χ3v) is 2.53. The normalized spacial score (nSPS) is 12.1. The van der Waals surface area contributed by atoms with Crippen molar-refractivity contribution in [1.29, 1.82) is 0 Å².